The summed E-state index contributed by atoms with van der Waals surface area (Å²) in [4.78, 5) is 2.16. The van der Waals surface area contributed by atoms with Crippen LogP contribution in [0.1, 0.15) is 19.8 Å². The van der Waals surface area contributed by atoms with Gasteiger partial charge in [-0.05, 0) is 26.0 Å². The van der Waals surface area contributed by atoms with E-state index in [4.69, 9.17) is 0 Å². The largest absolute Gasteiger partial charge is 0.381 e. The van der Waals surface area contributed by atoms with E-state index in [9.17, 15) is 0 Å². The van der Waals surface area contributed by atoms with Crippen molar-refractivity contribution in [3.05, 3.63) is 24.9 Å². The molecule has 0 saturated heterocycles. The van der Waals surface area contributed by atoms with Crippen LogP contribution >= 0.6 is 0 Å². The Morgan fingerprint density at radius 3 is 2.60 bits per heavy atom. The molecule has 1 nitrogen and oxygen atoms in total. The summed E-state index contributed by atoms with van der Waals surface area (Å²) in [6, 6.07) is 0. The van der Waals surface area contributed by atoms with Gasteiger partial charge in [-0.3, -0.25) is 0 Å². The summed E-state index contributed by atoms with van der Waals surface area (Å²) in [5, 5.41) is 0. The molecule has 0 aromatic carbocycles. The summed E-state index contributed by atoms with van der Waals surface area (Å²) < 4.78 is 0. The van der Waals surface area contributed by atoms with Crippen LogP contribution in [-0.2, 0) is 0 Å². The molecule has 0 saturated carbocycles. The van der Waals surface area contributed by atoms with Gasteiger partial charge in [0.2, 0.25) is 0 Å². The molecule has 0 unspecified atom stereocenters. The van der Waals surface area contributed by atoms with Crippen LogP contribution < -0.4 is 0 Å². The van der Waals surface area contributed by atoms with Gasteiger partial charge in [0, 0.05) is 13.6 Å². The summed E-state index contributed by atoms with van der Waals surface area (Å²) in [5.41, 5.74) is 0. The molecule has 0 atom stereocenters. The molecule has 0 amide bonds. The van der Waals surface area contributed by atoms with E-state index in [2.05, 4.69) is 37.7 Å². The van der Waals surface area contributed by atoms with Crippen molar-refractivity contribution in [2.24, 2.45) is 0 Å². The minimum Gasteiger partial charge on any atom is -0.381 e. The molecular weight excluding hydrogens is 122 g/mol. The molecule has 0 spiro atoms. The fourth-order valence-electron chi connectivity index (χ4n) is 0.574. The highest BCUT2D eigenvalue weighted by Crippen LogP contribution is 1.92. The van der Waals surface area contributed by atoms with Crippen molar-refractivity contribution in [3.8, 4) is 0 Å². The Hall–Kier alpha value is -0.720. The second kappa shape index (κ2) is 6.40. The van der Waals surface area contributed by atoms with Crippen molar-refractivity contribution in [1.82, 2.24) is 4.90 Å². The number of allylic oxidation sites excluding steroid dienone is 2. The van der Waals surface area contributed by atoms with Crippen LogP contribution in [0, 0.1) is 0 Å². The lowest BCUT2D eigenvalue weighted by Gasteiger charge is -2.08. The summed E-state index contributed by atoms with van der Waals surface area (Å²) in [6.45, 7) is 6.86. The zero-order valence-electron chi connectivity index (χ0n) is 7.01. The van der Waals surface area contributed by atoms with E-state index < -0.39 is 0 Å². The van der Waals surface area contributed by atoms with E-state index in [-0.39, 0.29) is 0 Å². The predicted octanol–water partition coefficient (Wildman–Crippen LogP) is 2.42. The average Bonchev–Trinajstić information content (AvgIpc) is 1.98. The number of unbranched alkanes of at least 4 members (excludes halogenated alkanes) is 1. The van der Waals surface area contributed by atoms with Crippen molar-refractivity contribution < 1.29 is 0 Å². The molecule has 1 heteroatoms. The minimum atomic E-state index is 1.07. The first-order valence-electron chi connectivity index (χ1n) is 3.79. The van der Waals surface area contributed by atoms with Gasteiger partial charge >= 0.3 is 0 Å². The lowest BCUT2D eigenvalue weighted by atomic mass is 10.3. The summed E-state index contributed by atoms with van der Waals surface area (Å²) in [7, 11) is 2.07. The van der Waals surface area contributed by atoms with Gasteiger partial charge in [-0.15, -0.1) is 6.58 Å². The quantitative estimate of drug-likeness (QED) is 0.417. The molecule has 58 valence electrons. The molecule has 0 aliphatic heterocycles. The molecule has 0 radical (unpaired) electrons. The van der Waals surface area contributed by atoms with E-state index in [1.165, 1.54) is 0 Å². The van der Waals surface area contributed by atoms with Crippen LogP contribution in [0.15, 0.2) is 24.9 Å². The van der Waals surface area contributed by atoms with Crippen molar-refractivity contribution in [2.45, 2.75) is 19.8 Å². The van der Waals surface area contributed by atoms with E-state index in [1.54, 1.807) is 0 Å². The Morgan fingerprint density at radius 2 is 2.10 bits per heavy atom. The van der Waals surface area contributed by atoms with Gasteiger partial charge in [0.05, 0.1) is 0 Å². The van der Waals surface area contributed by atoms with E-state index in [0.717, 1.165) is 19.4 Å². The highest BCUT2D eigenvalue weighted by atomic mass is 15.1. The lowest BCUT2D eigenvalue weighted by molar-refractivity contribution is 0.482. The summed E-state index contributed by atoms with van der Waals surface area (Å²) in [5.74, 6) is 0. The Kier molecular flexibility index (Phi) is 5.94. The van der Waals surface area contributed by atoms with Crippen LogP contribution in [0.2, 0.25) is 0 Å². The molecule has 0 bridgehead atoms. The van der Waals surface area contributed by atoms with Gasteiger partial charge in [-0.1, -0.05) is 12.2 Å². The lowest BCUT2D eigenvalue weighted by Crippen LogP contribution is -2.08. The molecule has 0 fully saturated rings. The zero-order valence-corrected chi connectivity index (χ0v) is 7.01. The molecule has 0 aromatic rings. The number of rotatable bonds is 5. The average molecular weight is 139 g/mol. The van der Waals surface area contributed by atoms with E-state index in [0.29, 0.717) is 0 Å². The highest BCUT2D eigenvalue weighted by Gasteiger charge is 1.80. The first kappa shape index (κ1) is 9.28. The normalized spacial score (nSPS) is 10.2. The molecule has 0 N–H and O–H groups in total. The first-order chi connectivity index (χ1) is 4.81. The second-order valence-electron chi connectivity index (χ2n) is 2.32. The number of hydrogen-bond acceptors (Lipinski definition) is 1. The van der Waals surface area contributed by atoms with Gasteiger partial charge in [-0.2, -0.15) is 0 Å². The van der Waals surface area contributed by atoms with Crippen LogP contribution in [0.25, 0.3) is 0 Å². The maximum atomic E-state index is 3.65. The standard InChI is InChI=1S/C9H17N/c1-4-6-7-8-9-10(3)5-2/h4,8-9H,1,5-7H2,2-3H3/b9-8+. The molecule has 0 rings (SSSR count). The Morgan fingerprint density at radius 1 is 1.40 bits per heavy atom. The fraction of sp³-hybridized carbons (Fsp3) is 0.556. The van der Waals surface area contributed by atoms with Gasteiger partial charge in [0.15, 0.2) is 0 Å². The Bertz CT molecular complexity index is 105. The van der Waals surface area contributed by atoms with E-state index in [1.807, 2.05) is 6.08 Å². The van der Waals surface area contributed by atoms with Gasteiger partial charge in [-0.25, -0.2) is 0 Å². The summed E-state index contributed by atoms with van der Waals surface area (Å²) in [6.07, 6.45) is 8.41. The second-order valence-corrected chi connectivity index (χ2v) is 2.32. The van der Waals surface area contributed by atoms with Gasteiger partial charge in [0.1, 0.15) is 0 Å². The number of nitrogens with zero attached hydrogens (tertiary/aromatic N) is 1. The molecule has 0 aliphatic rings. The topological polar surface area (TPSA) is 3.24 Å². The predicted molar refractivity (Wildman–Crippen MR) is 46.9 cm³/mol. The van der Waals surface area contributed by atoms with E-state index >= 15 is 0 Å². The van der Waals surface area contributed by atoms with Gasteiger partial charge in [0.25, 0.3) is 0 Å². The van der Waals surface area contributed by atoms with Crippen LogP contribution in [-0.4, -0.2) is 18.5 Å². The van der Waals surface area contributed by atoms with Crippen molar-refractivity contribution >= 4 is 0 Å². The maximum Gasteiger partial charge on any atom is 0.0140 e. The monoisotopic (exact) mass is 139 g/mol. The third-order valence-electron chi connectivity index (χ3n) is 1.40. The van der Waals surface area contributed by atoms with Crippen LogP contribution in [0.5, 0.6) is 0 Å². The van der Waals surface area contributed by atoms with Gasteiger partial charge < -0.3 is 4.90 Å². The molecular formula is C9H17N. The molecule has 0 aliphatic carbocycles. The number of hydrogen-bond donors (Lipinski definition) is 0. The molecule has 0 heterocycles. The fourth-order valence-corrected chi connectivity index (χ4v) is 0.574. The van der Waals surface area contributed by atoms with Crippen molar-refractivity contribution in [1.29, 1.82) is 0 Å². The molecule has 0 aromatic heterocycles. The Balaban J connectivity index is 3.26. The maximum absolute atomic E-state index is 3.65. The third kappa shape index (κ3) is 5.42. The Labute approximate surface area is 64.0 Å². The highest BCUT2D eigenvalue weighted by molar-refractivity contribution is 4.83. The summed E-state index contributed by atoms with van der Waals surface area (Å²) >= 11 is 0. The smallest absolute Gasteiger partial charge is 0.0140 e. The molecule has 10 heavy (non-hydrogen) atoms. The van der Waals surface area contributed by atoms with Crippen LogP contribution in [0.3, 0.4) is 0 Å². The first-order valence-corrected chi connectivity index (χ1v) is 3.79. The zero-order chi connectivity index (χ0) is 7.82. The SMILES string of the molecule is C=CCC/C=C/N(C)CC. The van der Waals surface area contributed by atoms with Crippen molar-refractivity contribution in [3.63, 3.8) is 0 Å². The van der Waals surface area contributed by atoms with Crippen LogP contribution in [0.4, 0.5) is 0 Å². The minimum absolute atomic E-state index is 1.07. The van der Waals surface area contributed by atoms with Crippen molar-refractivity contribution in [2.75, 3.05) is 13.6 Å². The third-order valence-corrected chi connectivity index (χ3v) is 1.40.